The highest BCUT2D eigenvalue weighted by molar-refractivity contribution is 7.91. The van der Waals surface area contributed by atoms with Crippen molar-refractivity contribution in [3.63, 3.8) is 0 Å². The van der Waals surface area contributed by atoms with Crippen molar-refractivity contribution in [2.75, 3.05) is 0 Å². The molecule has 0 saturated carbocycles. The van der Waals surface area contributed by atoms with Gasteiger partial charge in [-0.2, -0.15) is 13.2 Å². The van der Waals surface area contributed by atoms with E-state index in [1.165, 1.54) is 24.3 Å². The molecule has 0 spiro atoms. The molecule has 7 nitrogen and oxygen atoms in total. The fourth-order valence-electron chi connectivity index (χ4n) is 4.10. The van der Waals surface area contributed by atoms with Gasteiger partial charge in [0.05, 0.1) is 25.8 Å². The number of esters is 1. The van der Waals surface area contributed by atoms with E-state index in [0.29, 0.717) is 34.4 Å². The minimum Gasteiger partial charge on any atom is -0.456 e. The Balaban J connectivity index is 1.58. The number of sulfone groups is 1. The maximum atomic E-state index is 13.8. The van der Waals surface area contributed by atoms with E-state index in [0.717, 1.165) is 6.07 Å². The maximum Gasteiger partial charge on any atom is 0.417 e. The van der Waals surface area contributed by atoms with Gasteiger partial charge in [-0.25, -0.2) is 26.4 Å². The van der Waals surface area contributed by atoms with E-state index < -0.39 is 53.0 Å². The number of ether oxygens (including phenoxy) is 1. The van der Waals surface area contributed by atoms with Gasteiger partial charge < -0.3 is 4.74 Å². The van der Waals surface area contributed by atoms with Gasteiger partial charge in [-0.05, 0) is 79.9 Å². The lowest BCUT2D eigenvalue weighted by atomic mass is 10.0. The molecule has 0 aliphatic rings. The summed E-state index contributed by atoms with van der Waals surface area (Å²) in [6, 6.07) is 21.9. The van der Waals surface area contributed by atoms with Crippen LogP contribution in [0.1, 0.15) is 42.3 Å². The third kappa shape index (κ3) is 7.70. The van der Waals surface area contributed by atoms with Gasteiger partial charge in [0.25, 0.3) is 0 Å². The van der Waals surface area contributed by atoms with Gasteiger partial charge in [-0.3, -0.25) is 0 Å². The highest BCUT2D eigenvalue weighted by atomic mass is 32.2. The lowest BCUT2D eigenvalue weighted by molar-refractivity contribution is -0.139. The van der Waals surface area contributed by atoms with E-state index in [1.807, 2.05) is 0 Å². The van der Waals surface area contributed by atoms with Crippen LogP contribution in [0, 0.1) is 0 Å². The Kier molecular flexibility index (Phi) is 8.87. The van der Waals surface area contributed by atoms with Crippen LogP contribution in [0.15, 0.2) is 112 Å². The summed E-state index contributed by atoms with van der Waals surface area (Å²) in [5, 5.41) is 0. The first-order valence-corrected chi connectivity index (χ1v) is 15.9. The van der Waals surface area contributed by atoms with Crippen molar-refractivity contribution in [1.29, 1.82) is 0 Å². The third-order valence-corrected chi connectivity index (χ3v) is 9.37. The van der Waals surface area contributed by atoms with E-state index in [1.54, 1.807) is 75.4 Å². The number of rotatable bonds is 8. The smallest absolute Gasteiger partial charge is 0.417 e. The number of carbonyl (C=O) groups excluding carboxylic acids is 1. The van der Waals surface area contributed by atoms with Gasteiger partial charge in [-0.1, -0.05) is 54.6 Å². The molecular formula is C31H28F3NO6S2. The normalized spacial score (nSPS) is 12.6. The lowest BCUT2D eigenvalue weighted by Gasteiger charge is -2.19. The first-order chi connectivity index (χ1) is 20.0. The Morgan fingerprint density at radius 2 is 1.40 bits per heavy atom. The standard InChI is InChI=1S/C31H28F3NO6S2/c1-30(2,3)41-29(36)24-9-7-8-23(18-24)22-14-12-21(13-15-22)20-35-43(39,40)28-19-26(16-17-27(28)31(32,33)34)42(37,38)25-10-5-4-6-11-25/h4-19,35H,20H2,1-3H3. The first-order valence-electron chi connectivity index (χ1n) is 12.9. The summed E-state index contributed by atoms with van der Waals surface area (Å²) < 4.78 is 101. The number of alkyl halides is 3. The summed E-state index contributed by atoms with van der Waals surface area (Å²) in [6.07, 6.45) is -5.06. The predicted molar refractivity (Wildman–Crippen MR) is 154 cm³/mol. The predicted octanol–water partition coefficient (Wildman–Crippen LogP) is 6.64. The summed E-state index contributed by atoms with van der Waals surface area (Å²) in [5.74, 6) is -0.487. The van der Waals surface area contributed by atoms with Crippen molar-refractivity contribution in [1.82, 2.24) is 4.72 Å². The van der Waals surface area contributed by atoms with Crippen molar-refractivity contribution in [3.8, 4) is 11.1 Å². The van der Waals surface area contributed by atoms with Gasteiger partial charge in [-0.15, -0.1) is 0 Å². The molecule has 0 heterocycles. The van der Waals surface area contributed by atoms with Crippen molar-refractivity contribution >= 4 is 25.8 Å². The molecule has 0 aliphatic carbocycles. The number of carbonyl (C=O) groups is 1. The van der Waals surface area contributed by atoms with Crippen LogP contribution in [0.2, 0.25) is 0 Å². The zero-order valence-electron chi connectivity index (χ0n) is 23.3. The zero-order valence-corrected chi connectivity index (χ0v) is 25.0. The molecule has 12 heteroatoms. The lowest BCUT2D eigenvalue weighted by Crippen LogP contribution is -2.26. The molecule has 0 amide bonds. The largest absolute Gasteiger partial charge is 0.456 e. The molecule has 4 aromatic rings. The van der Waals surface area contributed by atoms with Crippen LogP contribution >= 0.6 is 0 Å². The second-order valence-electron chi connectivity index (χ2n) is 10.6. The van der Waals surface area contributed by atoms with E-state index in [2.05, 4.69) is 4.72 Å². The number of halogens is 3. The van der Waals surface area contributed by atoms with Crippen molar-refractivity contribution in [2.24, 2.45) is 0 Å². The molecule has 0 fully saturated rings. The molecule has 4 aromatic carbocycles. The molecule has 0 radical (unpaired) electrons. The molecule has 43 heavy (non-hydrogen) atoms. The average molecular weight is 632 g/mol. The Morgan fingerprint density at radius 3 is 2.00 bits per heavy atom. The Labute approximate surface area is 248 Å². The van der Waals surface area contributed by atoms with Gasteiger partial charge in [0.2, 0.25) is 19.9 Å². The number of hydrogen-bond donors (Lipinski definition) is 1. The molecule has 1 N–H and O–H groups in total. The topological polar surface area (TPSA) is 107 Å². The number of sulfonamides is 1. The zero-order chi connectivity index (χ0) is 31.6. The Morgan fingerprint density at radius 1 is 0.744 bits per heavy atom. The van der Waals surface area contributed by atoms with Crippen molar-refractivity contribution in [3.05, 3.63) is 114 Å². The second-order valence-corrected chi connectivity index (χ2v) is 14.3. The van der Waals surface area contributed by atoms with Crippen LogP contribution in [-0.4, -0.2) is 28.4 Å². The summed E-state index contributed by atoms with van der Waals surface area (Å²) in [7, 11) is -9.10. The van der Waals surface area contributed by atoms with Crippen molar-refractivity contribution < 1.29 is 39.5 Å². The van der Waals surface area contributed by atoms with Crippen LogP contribution in [0.25, 0.3) is 11.1 Å². The monoisotopic (exact) mass is 631 g/mol. The highest BCUT2D eigenvalue weighted by Gasteiger charge is 2.38. The summed E-state index contributed by atoms with van der Waals surface area (Å²) in [4.78, 5) is 10.5. The van der Waals surface area contributed by atoms with Crippen LogP contribution in [0.4, 0.5) is 13.2 Å². The molecule has 0 aromatic heterocycles. The minimum atomic E-state index is -5.06. The van der Waals surface area contributed by atoms with Gasteiger partial charge in [0.1, 0.15) is 5.60 Å². The minimum absolute atomic E-state index is 0.192. The summed E-state index contributed by atoms with van der Waals surface area (Å²) >= 11 is 0. The molecule has 0 aliphatic heterocycles. The Hall–Kier alpha value is -4.00. The first kappa shape index (κ1) is 31.9. The maximum absolute atomic E-state index is 13.8. The van der Waals surface area contributed by atoms with Crippen LogP contribution in [-0.2, 0) is 37.3 Å². The van der Waals surface area contributed by atoms with Gasteiger partial charge in [0.15, 0.2) is 0 Å². The third-order valence-electron chi connectivity index (χ3n) is 6.16. The molecule has 0 unspecified atom stereocenters. The fraction of sp³-hybridized carbons (Fsp3) is 0.194. The van der Waals surface area contributed by atoms with E-state index in [-0.39, 0.29) is 11.4 Å². The quantitative estimate of drug-likeness (QED) is 0.219. The van der Waals surface area contributed by atoms with E-state index in [9.17, 15) is 34.8 Å². The SMILES string of the molecule is CC(C)(C)OC(=O)c1cccc(-c2ccc(CNS(=O)(=O)c3cc(S(=O)(=O)c4ccccc4)ccc3C(F)(F)F)cc2)c1. The fourth-order valence-corrected chi connectivity index (χ4v) is 6.75. The van der Waals surface area contributed by atoms with Crippen LogP contribution in [0.3, 0.4) is 0 Å². The molecular weight excluding hydrogens is 603 g/mol. The molecule has 4 rings (SSSR count). The molecule has 226 valence electrons. The molecule has 0 atom stereocenters. The number of nitrogens with one attached hydrogen (secondary N) is 1. The second kappa shape index (κ2) is 11.9. The average Bonchev–Trinajstić information content (AvgIpc) is 2.95. The molecule has 0 bridgehead atoms. The summed E-state index contributed by atoms with van der Waals surface area (Å²) in [5.41, 5.74) is 0.0167. The summed E-state index contributed by atoms with van der Waals surface area (Å²) in [6.45, 7) is 4.91. The van der Waals surface area contributed by atoms with Crippen LogP contribution < -0.4 is 4.72 Å². The van der Waals surface area contributed by atoms with Gasteiger partial charge in [0, 0.05) is 6.54 Å². The molecule has 0 saturated heterocycles. The number of hydrogen-bond acceptors (Lipinski definition) is 6. The van der Waals surface area contributed by atoms with Crippen molar-refractivity contribution in [2.45, 2.75) is 53.8 Å². The van der Waals surface area contributed by atoms with Crippen LogP contribution in [0.5, 0.6) is 0 Å². The highest BCUT2D eigenvalue weighted by Crippen LogP contribution is 2.36. The Bertz CT molecular complexity index is 1850. The van der Waals surface area contributed by atoms with Gasteiger partial charge >= 0.3 is 12.1 Å². The number of benzene rings is 4. The van der Waals surface area contributed by atoms with E-state index in [4.69, 9.17) is 4.74 Å². The van der Waals surface area contributed by atoms with E-state index >= 15 is 0 Å².